The maximum atomic E-state index is 5.30. The summed E-state index contributed by atoms with van der Waals surface area (Å²) in [5.74, 6) is 6.59. The zero-order valence-corrected chi connectivity index (χ0v) is 8.67. The van der Waals surface area contributed by atoms with Crippen molar-refractivity contribution in [3.63, 3.8) is 0 Å². The predicted octanol–water partition coefficient (Wildman–Crippen LogP) is 1.20. The molecule has 4 heteroatoms. The normalized spacial score (nSPS) is 20.4. The molecule has 3 N–H and O–H groups in total. The van der Waals surface area contributed by atoms with Crippen LogP contribution in [0.3, 0.4) is 0 Å². The number of hydrogen-bond acceptors (Lipinski definition) is 4. The van der Waals surface area contributed by atoms with Gasteiger partial charge in [-0.15, -0.1) is 0 Å². The zero-order chi connectivity index (χ0) is 10.1. The molecular formula is C10H16N4. The molecule has 0 fully saturated rings. The minimum absolute atomic E-state index is 0.538. The number of hydrazine groups is 1. The van der Waals surface area contributed by atoms with E-state index in [2.05, 4.69) is 22.3 Å². The number of fused-ring (bicyclic) bond motifs is 1. The number of nitrogens with zero attached hydrogens (tertiary/aromatic N) is 2. The van der Waals surface area contributed by atoms with E-state index in [1.54, 1.807) is 0 Å². The van der Waals surface area contributed by atoms with Crippen molar-refractivity contribution in [1.29, 1.82) is 0 Å². The number of nitrogens with one attached hydrogen (secondary N) is 1. The van der Waals surface area contributed by atoms with E-state index in [4.69, 9.17) is 5.84 Å². The highest BCUT2D eigenvalue weighted by Crippen LogP contribution is 2.26. The molecule has 1 unspecified atom stereocenters. The summed E-state index contributed by atoms with van der Waals surface area (Å²) < 4.78 is 0. The van der Waals surface area contributed by atoms with Crippen LogP contribution < -0.4 is 11.3 Å². The van der Waals surface area contributed by atoms with E-state index in [1.165, 1.54) is 17.7 Å². The van der Waals surface area contributed by atoms with Crippen LogP contribution in [-0.2, 0) is 12.8 Å². The molecule has 4 nitrogen and oxygen atoms in total. The molecule has 1 heterocycles. The second kappa shape index (κ2) is 3.53. The Balaban J connectivity index is 2.43. The summed E-state index contributed by atoms with van der Waals surface area (Å²) in [4.78, 5) is 8.67. The van der Waals surface area contributed by atoms with Crippen LogP contribution >= 0.6 is 0 Å². The maximum Gasteiger partial charge on any atom is 0.237 e. The molecule has 0 bridgehead atoms. The molecule has 0 aromatic carbocycles. The monoisotopic (exact) mass is 192 g/mol. The minimum atomic E-state index is 0.538. The molecule has 0 aliphatic heterocycles. The van der Waals surface area contributed by atoms with Crippen molar-refractivity contribution >= 4 is 5.95 Å². The summed E-state index contributed by atoms with van der Waals surface area (Å²) in [6, 6.07) is 0. The Bertz CT molecular complexity index is 348. The fraction of sp³-hybridized carbons (Fsp3) is 0.600. The smallest absolute Gasteiger partial charge is 0.237 e. The van der Waals surface area contributed by atoms with Crippen molar-refractivity contribution < 1.29 is 0 Å². The molecule has 0 saturated carbocycles. The van der Waals surface area contributed by atoms with E-state index < -0.39 is 0 Å². The highest BCUT2D eigenvalue weighted by atomic mass is 15.3. The lowest BCUT2D eigenvalue weighted by molar-refractivity contribution is 0.490. The zero-order valence-electron chi connectivity index (χ0n) is 8.67. The number of anilines is 1. The largest absolute Gasteiger partial charge is 0.292 e. The summed E-state index contributed by atoms with van der Waals surface area (Å²) in [5, 5.41) is 0. The van der Waals surface area contributed by atoms with Gasteiger partial charge in [-0.1, -0.05) is 6.92 Å². The van der Waals surface area contributed by atoms with E-state index in [1.807, 2.05) is 6.92 Å². The topological polar surface area (TPSA) is 63.8 Å². The Morgan fingerprint density at radius 2 is 2.21 bits per heavy atom. The van der Waals surface area contributed by atoms with E-state index in [9.17, 15) is 0 Å². The van der Waals surface area contributed by atoms with Gasteiger partial charge >= 0.3 is 0 Å². The highest BCUT2D eigenvalue weighted by Gasteiger charge is 2.19. The molecule has 2 rings (SSSR count). The number of hydrogen-bond donors (Lipinski definition) is 2. The van der Waals surface area contributed by atoms with Gasteiger partial charge in [0.2, 0.25) is 5.95 Å². The third kappa shape index (κ3) is 1.57. The van der Waals surface area contributed by atoms with Crippen molar-refractivity contribution in [2.75, 3.05) is 5.43 Å². The number of nitrogens with two attached hydrogens (primary N) is 1. The van der Waals surface area contributed by atoms with Gasteiger partial charge in [0, 0.05) is 11.4 Å². The molecular weight excluding hydrogens is 176 g/mol. The quantitative estimate of drug-likeness (QED) is 0.518. The Kier molecular flexibility index (Phi) is 2.37. The first-order valence-electron chi connectivity index (χ1n) is 5.03. The van der Waals surface area contributed by atoms with E-state index >= 15 is 0 Å². The standard InChI is InChI=1S/C10H16N4/c1-6-3-4-9-8(5-6)7(2)12-10(13-9)14-11/h6H,3-5,11H2,1-2H3,(H,12,13,14). The number of aromatic nitrogens is 2. The summed E-state index contributed by atoms with van der Waals surface area (Å²) in [6.07, 6.45) is 3.37. The summed E-state index contributed by atoms with van der Waals surface area (Å²) in [7, 11) is 0. The van der Waals surface area contributed by atoms with Crippen LogP contribution in [-0.4, -0.2) is 9.97 Å². The molecule has 1 aromatic heterocycles. The van der Waals surface area contributed by atoms with Crippen LogP contribution in [0.25, 0.3) is 0 Å². The molecule has 0 saturated heterocycles. The van der Waals surface area contributed by atoms with E-state index in [0.717, 1.165) is 24.5 Å². The van der Waals surface area contributed by atoms with E-state index in [-0.39, 0.29) is 0 Å². The van der Waals surface area contributed by atoms with Gasteiger partial charge in [0.15, 0.2) is 0 Å². The molecule has 1 atom stereocenters. The lowest BCUT2D eigenvalue weighted by Gasteiger charge is -2.22. The SMILES string of the molecule is Cc1nc(NN)nc2c1CC(C)CC2. The molecule has 76 valence electrons. The third-order valence-electron chi connectivity index (χ3n) is 2.86. The molecule has 1 aliphatic rings. The minimum Gasteiger partial charge on any atom is -0.292 e. The molecule has 14 heavy (non-hydrogen) atoms. The van der Waals surface area contributed by atoms with Crippen LogP contribution in [0, 0.1) is 12.8 Å². The maximum absolute atomic E-state index is 5.30. The number of nitrogen functional groups attached to an aromatic ring is 1. The highest BCUT2D eigenvalue weighted by molar-refractivity contribution is 5.35. The van der Waals surface area contributed by atoms with E-state index in [0.29, 0.717) is 5.95 Å². The van der Waals surface area contributed by atoms with Gasteiger partial charge in [0.1, 0.15) is 0 Å². The molecule has 1 aliphatic carbocycles. The summed E-state index contributed by atoms with van der Waals surface area (Å²) >= 11 is 0. The van der Waals surface area contributed by atoms with Gasteiger partial charge in [0.25, 0.3) is 0 Å². The van der Waals surface area contributed by atoms with Crippen molar-refractivity contribution in [3.8, 4) is 0 Å². The van der Waals surface area contributed by atoms with Crippen LogP contribution in [0.5, 0.6) is 0 Å². The molecule has 0 amide bonds. The van der Waals surface area contributed by atoms with Crippen LogP contribution in [0.15, 0.2) is 0 Å². The van der Waals surface area contributed by atoms with Crippen molar-refractivity contribution in [2.24, 2.45) is 11.8 Å². The second-order valence-corrected chi connectivity index (χ2v) is 4.05. The Morgan fingerprint density at radius 3 is 2.93 bits per heavy atom. The van der Waals surface area contributed by atoms with Gasteiger partial charge in [-0.05, 0) is 37.7 Å². The first kappa shape index (κ1) is 9.40. The fourth-order valence-corrected chi connectivity index (χ4v) is 2.03. The lowest BCUT2D eigenvalue weighted by atomic mass is 9.87. The van der Waals surface area contributed by atoms with Gasteiger partial charge in [-0.2, -0.15) is 0 Å². The summed E-state index contributed by atoms with van der Waals surface area (Å²) in [6.45, 7) is 4.30. The predicted molar refractivity (Wildman–Crippen MR) is 55.8 cm³/mol. The molecule has 1 aromatic rings. The van der Waals surface area contributed by atoms with Gasteiger partial charge in [0.05, 0.1) is 0 Å². The average molecular weight is 192 g/mol. The van der Waals surface area contributed by atoms with Gasteiger partial charge in [-0.3, -0.25) is 5.43 Å². The summed E-state index contributed by atoms with van der Waals surface area (Å²) in [5.41, 5.74) is 6.06. The number of aryl methyl sites for hydroxylation is 2. The first-order chi connectivity index (χ1) is 6.70. The Labute approximate surface area is 83.9 Å². The molecule has 0 radical (unpaired) electrons. The van der Waals surface area contributed by atoms with Crippen LogP contribution in [0.1, 0.15) is 30.3 Å². The lowest BCUT2D eigenvalue weighted by Crippen LogP contribution is -2.19. The van der Waals surface area contributed by atoms with Crippen molar-refractivity contribution in [2.45, 2.75) is 33.1 Å². The average Bonchev–Trinajstić information content (AvgIpc) is 2.19. The number of rotatable bonds is 1. The fourth-order valence-electron chi connectivity index (χ4n) is 2.03. The first-order valence-corrected chi connectivity index (χ1v) is 5.03. The van der Waals surface area contributed by atoms with Gasteiger partial charge < -0.3 is 0 Å². The third-order valence-corrected chi connectivity index (χ3v) is 2.86. The van der Waals surface area contributed by atoms with Crippen molar-refractivity contribution in [1.82, 2.24) is 9.97 Å². The van der Waals surface area contributed by atoms with Crippen molar-refractivity contribution in [3.05, 3.63) is 17.0 Å². The van der Waals surface area contributed by atoms with Crippen LogP contribution in [0.4, 0.5) is 5.95 Å². The Morgan fingerprint density at radius 1 is 1.43 bits per heavy atom. The Hall–Kier alpha value is -1.16. The van der Waals surface area contributed by atoms with Crippen LogP contribution in [0.2, 0.25) is 0 Å². The van der Waals surface area contributed by atoms with Gasteiger partial charge in [-0.25, -0.2) is 15.8 Å². The second-order valence-electron chi connectivity index (χ2n) is 4.05. The molecule has 0 spiro atoms.